The van der Waals surface area contributed by atoms with Crippen LogP contribution in [-0.4, -0.2) is 33.2 Å². The fraction of sp³-hybridized carbons (Fsp3) is 0.444. The number of nitrogens with two attached hydrogens (primary N) is 1. The Labute approximate surface area is 90.0 Å². The monoisotopic (exact) mass is 229 g/mol. The molecule has 0 saturated heterocycles. The van der Waals surface area contributed by atoms with Gasteiger partial charge in [0.1, 0.15) is 5.82 Å². The molecule has 0 aliphatic rings. The van der Waals surface area contributed by atoms with Gasteiger partial charge in [0.25, 0.3) is 0 Å². The van der Waals surface area contributed by atoms with Crippen LogP contribution in [0.1, 0.15) is 5.56 Å². The minimum absolute atomic E-state index is 0.449. The second kappa shape index (κ2) is 4.59. The van der Waals surface area contributed by atoms with Crippen molar-refractivity contribution in [3.63, 3.8) is 0 Å². The van der Waals surface area contributed by atoms with Crippen molar-refractivity contribution in [2.45, 2.75) is 6.42 Å². The molecule has 0 saturated carbocycles. The molecule has 0 bridgehead atoms. The van der Waals surface area contributed by atoms with Crippen LogP contribution < -0.4 is 10.0 Å². The van der Waals surface area contributed by atoms with Crippen LogP contribution in [0.15, 0.2) is 18.3 Å². The second-order valence-corrected chi connectivity index (χ2v) is 5.27. The zero-order valence-corrected chi connectivity index (χ0v) is 9.66. The summed E-state index contributed by atoms with van der Waals surface area (Å²) < 4.78 is 23.9. The van der Waals surface area contributed by atoms with Gasteiger partial charge in [0.15, 0.2) is 0 Å². The summed E-state index contributed by atoms with van der Waals surface area (Å²) in [7, 11) is -1.78. The van der Waals surface area contributed by atoms with Gasteiger partial charge in [-0.1, -0.05) is 6.07 Å². The highest BCUT2D eigenvalue weighted by atomic mass is 32.2. The van der Waals surface area contributed by atoms with Gasteiger partial charge in [0, 0.05) is 13.2 Å². The van der Waals surface area contributed by atoms with Crippen molar-refractivity contribution in [1.82, 2.24) is 4.98 Å². The predicted octanol–water partition coefficient (Wildman–Crippen LogP) is -0.0214. The molecular formula is C9H15N3O2S. The first-order valence-electron chi connectivity index (χ1n) is 4.54. The highest BCUT2D eigenvalue weighted by Crippen LogP contribution is 2.17. The molecule has 0 amide bonds. The first kappa shape index (κ1) is 11.9. The highest BCUT2D eigenvalue weighted by Gasteiger charge is 2.16. The van der Waals surface area contributed by atoms with Crippen LogP contribution in [0.3, 0.4) is 0 Å². The van der Waals surface area contributed by atoms with E-state index in [-0.39, 0.29) is 0 Å². The van der Waals surface area contributed by atoms with Crippen LogP contribution in [0.25, 0.3) is 0 Å². The minimum atomic E-state index is -3.27. The molecule has 1 aromatic heterocycles. The normalized spacial score (nSPS) is 11.4. The number of rotatable bonds is 4. The van der Waals surface area contributed by atoms with Crippen LogP contribution in [0.2, 0.25) is 0 Å². The number of hydrogen-bond acceptors (Lipinski definition) is 4. The van der Waals surface area contributed by atoms with Crippen molar-refractivity contribution in [1.29, 1.82) is 0 Å². The third-order valence-corrected chi connectivity index (χ3v) is 3.24. The van der Waals surface area contributed by atoms with E-state index < -0.39 is 10.0 Å². The van der Waals surface area contributed by atoms with E-state index in [1.165, 1.54) is 7.05 Å². The van der Waals surface area contributed by atoms with Crippen molar-refractivity contribution in [3.05, 3.63) is 23.9 Å². The zero-order chi connectivity index (χ0) is 11.5. The van der Waals surface area contributed by atoms with Gasteiger partial charge in [-0.3, -0.25) is 4.31 Å². The quantitative estimate of drug-likeness (QED) is 0.787. The van der Waals surface area contributed by atoms with Gasteiger partial charge in [0.05, 0.1) is 6.26 Å². The first-order valence-corrected chi connectivity index (χ1v) is 6.39. The maximum atomic E-state index is 11.3. The third-order valence-electron chi connectivity index (χ3n) is 2.08. The number of anilines is 1. The van der Waals surface area contributed by atoms with E-state index in [9.17, 15) is 8.42 Å². The lowest BCUT2D eigenvalue weighted by Gasteiger charge is -2.18. The molecule has 15 heavy (non-hydrogen) atoms. The summed E-state index contributed by atoms with van der Waals surface area (Å²) in [5.41, 5.74) is 6.28. The minimum Gasteiger partial charge on any atom is -0.330 e. The summed E-state index contributed by atoms with van der Waals surface area (Å²) in [4.78, 5) is 4.05. The Morgan fingerprint density at radius 1 is 1.53 bits per heavy atom. The zero-order valence-electron chi connectivity index (χ0n) is 8.84. The standard InChI is InChI=1S/C9H15N3O2S/c1-12(15(2,13)14)9-8(5-6-10)4-3-7-11-9/h3-4,7H,5-6,10H2,1-2H3. The lowest BCUT2D eigenvalue weighted by Crippen LogP contribution is -2.27. The topological polar surface area (TPSA) is 76.3 Å². The van der Waals surface area contributed by atoms with E-state index in [0.717, 1.165) is 16.1 Å². The molecule has 1 aromatic rings. The molecule has 0 aliphatic carbocycles. The Morgan fingerprint density at radius 3 is 2.73 bits per heavy atom. The van der Waals surface area contributed by atoms with Crippen LogP contribution >= 0.6 is 0 Å². The maximum absolute atomic E-state index is 11.3. The molecule has 0 aliphatic heterocycles. The summed E-state index contributed by atoms with van der Waals surface area (Å²) in [6, 6.07) is 3.60. The highest BCUT2D eigenvalue weighted by molar-refractivity contribution is 7.92. The Hall–Kier alpha value is -1.14. The number of nitrogens with zero attached hydrogens (tertiary/aromatic N) is 2. The molecule has 84 valence electrons. The van der Waals surface area contributed by atoms with Crippen LogP contribution in [0, 0.1) is 0 Å². The average Bonchev–Trinajstić information content (AvgIpc) is 2.17. The lowest BCUT2D eigenvalue weighted by atomic mass is 10.2. The third kappa shape index (κ3) is 2.90. The van der Waals surface area contributed by atoms with Gasteiger partial charge < -0.3 is 5.73 Å². The van der Waals surface area contributed by atoms with E-state index >= 15 is 0 Å². The average molecular weight is 229 g/mol. The van der Waals surface area contributed by atoms with Crippen molar-refractivity contribution in [2.75, 3.05) is 24.2 Å². The molecule has 5 nitrogen and oxygen atoms in total. The molecule has 0 unspecified atom stereocenters. The van der Waals surface area contributed by atoms with Gasteiger partial charge in [-0.25, -0.2) is 13.4 Å². The van der Waals surface area contributed by atoms with Gasteiger partial charge in [-0.15, -0.1) is 0 Å². The fourth-order valence-electron chi connectivity index (χ4n) is 1.22. The summed E-state index contributed by atoms with van der Waals surface area (Å²) in [5, 5.41) is 0. The first-order chi connectivity index (χ1) is 6.96. The molecule has 1 rings (SSSR count). The summed E-state index contributed by atoms with van der Waals surface area (Å²) in [6.07, 6.45) is 3.33. The van der Waals surface area contributed by atoms with E-state index in [1.807, 2.05) is 6.07 Å². The Bertz CT molecular complexity index is 431. The summed E-state index contributed by atoms with van der Waals surface area (Å²) >= 11 is 0. The van der Waals surface area contributed by atoms with Crippen molar-refractivity contribution in [2.24, 2.45) is 5.73 Å². The molecule has 0 radical (unpaired) electrons. The maximum Gasteiger partial charge on any atom is 0.233 e. The van der Waals surface area contributed by atoms with Crippen molar-refractivity contribution >= 4 is 15.8 Å². The number of pyridine rings is 1. The molecule has 1 heterocycles. The van der Waals surface area contributed by atoms with E-state index in [1.54, 1.807) is 12.3 Å². The lowest BCUT2D eigenvalue weighted by molar-refractivity contribution is 0.599. The molecular weight excluding hydrogens is 214 g/mol. The number of hydrogen-bond donors (Lipinski definition) is 1. The Balaban J connectivity index is 3.13. The van der Waals surface area contributed by atoms with Gasteiger partial charge in [-0.05, 0) is 24.6 Å². The predicted molar refractivity (Wildman–Crippen MR) is 60.2 cm³/mol. The second-order valence-electron chi connectivity index (χ2n) is 3.26. The Kier molecular flexibility index (Phi) is 3.65. The van der Waals surface area contributed by atoms with Crippen LogP contribution in [0.4, 0.5) is 5.82 Å². The largest absolute Gasteiger partial charge is 0.330 e. The van der Waals surface area contributed by atoms with Crippen LogP contribution in [-0.2, 0) is 16.4 Å². The molecule has 0 spiro atoms. The van der Waals surface area contributed by atoms with E-state index in [4.69, 9.17) is 5.73 Å². The summed E-state index contributed by atoms with van der Waals surface area (Å²) in [6.45, 7) is 0.469. The Morgan fingerprint density at radius 2 is 2.20 bits per heavy atom. The summed E-state index contributed by atoms with van der Waals surface area (Å²) in [5.74, 6) is 0.449. The van der Waals surface area contributed by atoms with Crippen molar-refractivity contribution in [3.8, 4) is 0 Å². The number of aromatic nitrogens is 1. The van der Waals surface area contributed by atoms with Crippen molar-refractivity contribution < 1.29 is 8.42 Å². The fourth-order valence-corrected chi connectivity index (χ4v) is 1.70. The number of sulfonamides is 1. The van der Waals surface area contributed by atoms with Gasteiger partial charge in [-0.2, -0.15) is 0 Å². The van der Waals surface area contributed by atoms with Gasteiger partial charge >= 0.3 is 0 Å². The molecule has 0 atom stereocenters. The van der Waals surface area contributed by atoms with E-state index in [0.29, 0.717) is 18.8 Å². The molecule has 6 heteroatoms. The van der Waals surface area contributed by atoms with E-state index in [2.05, 4.69) is 4.98 Å². The van der Waals surface area contributed by atoms with Crippen LogP contribution in [0.5, 0.6) is 0 Å². The smallest absolute Gasteiger partial charge is 0.233 e. The molecule has 0 fully saturated rings. The SMILES string of the molecule is CN(c1ncccc1CCN)S(C)(=O)=O. The molecule has 0 aromatic carbocycles. The molecule has 2 N–H and O–H groups in total. The van der Waals surface area contributed by atoms with Gasteiger partial charge in [0.2, 0.25) is 10.0 Å².